The van der Waals surface area contributed by atoms with E-state index in [4.69, 9.17) is 22.4 Å². The van der Waals surface area contributed by atoms with Crippen LogP contribution in [0.1, 0.15) is 17.3 Å². The van der Waals surface area contributed by atoms with Gasteiger partial charge in [0.05, 0.1) is 5.38 Å². The molecule has 70 valence electrons. The average Bonchev–Trinajstić information content (AvgIpc) is 2.08. The second-order valence-electron chi connectivity index (χ2n) is 2.75. The minimum atomic E-state index is -0.635. The number of hydrogen-bond acceptors (Lipinski definition) is 3. The molecule has 3 N–H and O–H groups in total. The molecule has 0 saturated carbocycles. The van der Waals surface area contributed by atoms with Gasteiger partial charge in [0.1, 0.15) is 5.75 Å². The number of benzene rings is 1. The standard InChI is InChI=1S/C9H10ClNO2/c1-5(10)9(13)7-4-6(12)2-3-8(7)11/h2-5,12H,11H2,1H3. The normalized spacial score (nSPS) is 12.5. The van der Waals surface area contributed by atoms with Crippen LogP contribution in [0.2, 0.25) is 0 Å². The lowest BCUT2D eigenvalue weighted by Gasteiger charge is -2.06. The molecular formula is C9H10ClNO2. The Morgan fingerprint density at radius 1 is 1.62 bits per heavy atom. The van der Waals surface area contributed by atoms with Gasteiger partial charge in [-0.1, -0.05) is 0 Å². The van der Waals surface area contributed by atoms with Crippen LogP contribution in [0.4, 0.5) is 5.69 Å². The van der Waals surface area contributed by atoms with Crippen LogP contribution in [-0.4, -0.2) is 16.3 Å². The Morgan fingerprint density at radius 2 is 2.23 bits per heavy atom. The van der Waals surface area contributed by atoms with Crippen molar-refractivity contribution in [2.45, 2.75) is 12.3 Å². The topological polar surface area (TPSA) is 63.3 Å². The number of hydrogen-bond donors (Lipinski definition) is 2. The van der Waals surface area contributed by atoms with E-state index in [2.05, 4.69) is 0 Å². The van der Waals surface area contributed by atoms with E-state index in [9.17, 15) is 4.79 Å². The Kier molecular flexibility index (Phi) is 2.78. The van der Waals surface area contributed by atoms with Crippen LogP contribution in [0.3, 0.4) is 0 Å². The summed E-state index contributed by atoms with van der Waals surface area (Å²) in [5, 5.41) is 8.48. The SMILES string of the molecule is CC(Cl)C(=O)c1cc(O)ccc1N. The lowest BCUT2D eigenvalue weighted by molar-refractivity contribution is 0.0992. The molecule has 3 nitrogen and oxygen atoms in total. The summed E-state index contributed by atoms with van der Waals surface area (Å²) in [6, 6.07) is 4.21. The van der Waals surface area contributed by atoms with Gasteiger partial charge in [-0.2, -0.15) is 0 Å². The molecule has 1 atom stereocenters. The van der Waals surface area contributed by atoms with E-state index in [1.54, 1.807) is 6.92 Å². The summed E-state index contributed by atoms with van der Waals surface area (Å²) in [5.41, 5.74) is 6.13. The molecule has 0 saturated heterocycles. The maximum atomic E-state index is 11.4. The summed E-state index contributed by atoms with van der Waals surface area (Å²) < 4.78 is 0. The molecule has 0 aliphatic carbocycles. The number of rotatable bonds is 2. The minimum Gasteiger partial charge on any atom is -0.508 e. The van der Waals surface area contributed by atoms with Gasteiger partial charge >= 0.3 is 0 Å². The smallest absolute Gasteiger partial charge is 0.182 e. The van der Waals surface area contributed by atoms with Crippen molar-refractivity contribution < 1.29 is 9.90 Å². The summed E-state index contributed by atoms with van der Waals surface area (Å²) in [6.07, 6.45) is 0. The predicted molar refractivity (Wildman–Crippen MR) is 52.2 cm³/mol. The van der Waals surface area contributed by atoms with Gasteiger partial charge in [0.25, 0.3) is 0 Å². The van der Waals surface area contributed by atoms with Crippen LogP contribution in [0.15, 0.2) is 18.2 Å². The molecule has 0 aromatic heterocycles. The fraction of sp³-hybridized carbons (Fsp3) is 0.222. The molecular weight excluding hydrogens is 190 g/mol. The number of Topliss-reactive ketones (excluding diaryl/α,β-unsaturated/α-hetero) is 1. The number of phenolic OH excluding ortho intramolecular Hbond substituents is 1. The Labute approximate surface area is 81.1 Å². The Hall–Kier alpha value is -1.22. The molecule has 0 bridgehead atoms. The van der Waals surface area contributed by atoms with Crippen molar-refractivity contribution in [3.63, 3.8) is 0 Å². The molecule has 1 aromatic carbocycles. The minimum absolute atomic E-state index is 0.00914. The van der Waals surface area contributed by atoms with Crippen molar-refractivity contribution in [3.8, 4) is 5.75 Å². The number of nitrogen functional groups attached to an aromatic ring is 1. The third-order valence-electron chi connectivity index (χ3n) is 1.66. The van der Waals surface area contributed by atoms with E-state index in [1.165, 1.54) is 18.2 Å². The zero-order valence-electron chi connectivity index (χ0n) is 7.12. The number of aromatic hydroxyl groups is 1. The van der Waals surface area contributed by atoms with Crippen molar-refractivity contribution in [2.75, 3.05) is 5.73 Å². The highest BCUT2D eigenvalue weighted by Crippen LogP contribution is 2.21. The van der Waals surface area contributed by atoms with Gasteiger partial charge in [0.15, 0.2) is 5.78 Å². The summed E-state index contributed by atoms with van der Waals surface area (Å²) in [4.78, 5) is 11.4. The maximum Gasteiger partial charge on any atom is 0.182 e. The van der Waals surface area contributed by atoms with E-state index in [-0.39, 0.29) is 17.1 Å². The molecule has 0 aliphatic heterocycles. The molecule has 0 heterocycles. The highest BCUT2D eigenvalue weighted by Gasteiger charge is 2.15. The Bertz CT molecular complexity index is 336. The van der Waals surface area contributed by atoms with Crippen molar-refractivity contribution in [2.24, 2.45) is 0 Å². The summed E-state index contributed by atoms with van der Waals surface area (Å²) in [5.74, 6) is -0.273. The van der Waals surface area contributed by atoms with Crippen LogP contribution >= 0.6 is 11.6 Å². The van der Waals surface area contributed by atoms with Gasteiger partial charge in [0.2, 0.25) is 0 Å². The van der Waals surface area contributed by atoms with Crippen LogP contribution in [0.25, 0.3) is 0 Å². The third-order valence-corrected chi connectivity index (χ3v) is 1.86. The monoisotopic (exact) mass is 199 g/mol. The zero-order chi connectivity index (χ0) is 10.0. The van der Waals surface area contributed by atoms with Gasteiger partial charge in [0, 0.05) is 11.3 Å². The van der Waals surface area contributed by atoms with E-state index in [0.29, 0.717) is 5.69 Å². The Morgan fingerprint density at radius 3 is 2.77 bits per heavy atom. The second kappa shape index (κ2) is 3.66. The first kappa shape index (κ1) is 9.86. The van der Waals surface area contributed by atoms with E-state index in [0.717, 1.165) is 0 Å². The first-order valence-electron chi connectivity index (χ1n) is 3.79. The predicted octanol–water partition coefficient (Wildman–Crippen LogP) is 1.78. The van der Waals surface area contributed by atoms with Crippen molar-refractivity contribution in [1.82, 2.24) is 0 Å². The van der Waals surface area contributed by atoms with E-state index < -0.39 is 5.38 Å². The summed E-state index contributed by atoms with van der Waals surface area (Å²) >= 11 is 5.60. The second-order valence-corrected chi connectivity index (χ2v) is 3.41. The van der Waals surface area contributed by atoms with Gasteiger partial charge in [-0.05, 0) is 25.1 Å². The molecule has 0 spiro atoms. The highest BCUT2D eigenvalue weighted by molar-refractivity contribution is 6.34. The average molecular weight is 200 g/mol. The van der Waals surface area contributed by atoms with E-state index >= 15 is 0 Å². The fourth-order valence-corrected chi connectivity index (χ4v) is 1.09. The number of ketones is 1. The molecule has 1 unspecified atom stereocenters. The van der Waals surface area contributed by atoms with E-state index in [1.807, 2.05) is 0 Å². The van der Waals surface area contributed by atoms with Gasteiger partial charge in [-0.15, -0.1) is 11.6 Å². The number of phenols is 1. The Balaban J connectivity index is 3.13. The molecule has 4 heteroatoms. The fourth-order valence-electron chi connectivity index (χ4n) is 0.972. The molecule has 0 aliphatic rings. The molecule has 13 heavy (non-hydrogen) atoms. The number of carbonyl (C=O) groups excluding carboxylic acids is 1. The van der Waals surface area contributed by atoms with Crippen LogP contribution in [0.5, 0.6) is 5.75 Å². The van der Waals surface area contributed by atoms with Crippen molar-refractivity contribution in [1.29, 1.82) is 0 Å². The van der Waals surface area contributed by atoms with Gasteiger partial charge < -0.3 is 10.8 Å². The molecule has 0 fully saturated rings. The number of nitrogens with two attached hydrogens (primary N) is 1. The number of carbonyl (C=O) groups is 1. The third kappa shape index (κ3) is 2.12. The zero-order valence-corrected chi connectivity index (χ0v) is 7.88. The highest BCUT2D eigenvalue weighted by atomic mass is 35.5. The first-order valence-corrected chi connectivity index (χ1v) is 4.23. The lowest BCUT2D eigenvalue weighted by Crippen LogP contribution is -2.12. The quantitative estimate of drug-likeness (QED) is 0.330. The van der Waals surface area contributed by atoms with Gasteiger partial charge in [-0.3, -0.25) is 4.79 Å². The summed E-state index contributed by atoms with van der Waals surface area (Å²) in [6.45, 7) is 1.56. The van der Waals surface area contributed by atoms with Gasteiger partial charge in [-0.25, -0.2) is 0 Å². The number of alkyl halides is 1. The summed E-state index contributed by atoms with van der Waals surface area (Å²) in [7, 11) is 0. The molecule has 0 amide bonds. The largest absolute Gasteiger partial charge is 0.508 e. The molecule has 0 radical (unpaired) electrons. The maximum absolute atomic E-state index is 11.4. The van der Waals surface area contributed by atoms with Crippen LogP contribution < -0.4 is 5.73 Å². The van der Waals surface area contributed by atoms with Crippen molar-refractivity contribution >= 4 is 23.1 Å². The number of halogens is 1. The number of anilines is 1. The molecule has 1 rings (SSSR count). The van der Waals surface area contributed by atoms with Crippen LogP contribution in [0, 0.1) is 0 Å². The van der Waals surface area contributed by atoms with Crippen LogP contribution in [-0.2, 0) is 0 Å². The lowest BCUT2D eigenvalue weighted by atomic mass is 10.1. The van der Waals surface area contributed by atoms with Crippen molar-refractivity contribution in [3.05, 3.63) is 23.8 Å². The first-order chi connectivity index (χ1) is 6.02. The molecule has 1 aromatic rings.